The third-order valence-electron chi connectivity index (χ3n) is 6.16. The molecule has 0 spiro atoms. The van der Waals surface area contributed by atoms with E-state index in [0.29, 0.717) is 6.07 Å². The number of carboxylic acids is 1. The monoisotopic (exact) mass is 741 g/mol. The molecule has 1 radical (unpaired) electrons. The van der Waals surface area contributed by atoms with Crippen LogP contribution in [0.2, 0.25) is 0 Å². The van der Waals surface area contributed by atoms with Crippen LogP contribution in [0.3, 0.4) is 0 Å². The quantitative estimate of drug-likeness (QED) is 0.105. The number of hydrogen-bond donors (Lipinski definition) is 1. The van der Waals surface area contributed by atoms with Crippen molar-refractivity contribution < 1.29 is 77.9 Å². The largest absolute Gasteiger partial charge is 2.00 e. The minimum absolute atomic E-state index is 0. The van der Waals surface area contributed by atoms with E-state index in [9.17, 15) is 22.9 Å². The van der Waals surface area contributed by atoms with Gasteiger partial charge in [-0.1, -0.05) is 60.3 Å². The molecule has 49 heavy (non-hydrogen) atoms. The summed E-state index contributed by atoms with van der Waals surface area (Å²) in [7, 11) is -4.73. The van der Waals surface area contributed by atoms with Crippen LogP contribution in [0.4, 0.5) is 0 Å². The molecule has 18 heteroatoms. The number of aromatic carboxylic acids is 1. The SMILES string of the molecule is O.O.O.O.O=C(O)c1cc(S(=O)(=O)[O-])ccc1[O-].[Mn+2].[OH3+].[OH3+].c1cnc2c(c1)ccc1cccnc12.c1cnc2c(c1)ccc1cccnc12. The summed E-state index contributed by atoms with van der Waals surface area (Å²) in [5.41, 5.74) is 3.18. The van der Waals surface area contributed by atoms with Gasteiger partial charge in [-0.2, -0.15) is 0 Å². The van der Waals surface area contributed by atoms with Gasteiger partial charge in [0.15, 0.2) is 0 Å². The minimum atomic E-state index is -4.73. The smallest absolute Gasteiger partial charge is 0.872 e. The number of benzene rings is 3. The van der Waals surface area contributed by atoms with Crippen molar-refractivity contribution in [2.24, 2.45) is 0 Å². The normalized spacial score (nSPS) is 9.41. The Bertz CT molecular complexity index is 1990. The zero-order valence-electron chi connectivity index (χ0n) is 25.2. The fourth-order valence-corrected chi connectivity index (χ4v) is 4.69. The molecule has 0 aliphatic rings. The van der Waals surface area contributed by atoms with Crippen molar-refractivity contribution in [3.63, 3.8) is 0 Å². The molecular weight excluding hydrogens is 707 g/mol. The molecule has 0 saturated carbocycles. The third-order valence-corrected chi connectivity index (χ3v) is 6.99. The van der Waals surface area contributed by atoms with Gasteiger partial charge in [0.05, 0.1) is 32.5 Å². The number of carboxylic acid groups (broad SMARTS) is 1. The van der Waals surface area contributed by atoms with Gasteiger partial charge in [0.1, 0.15) is 10.1 Å². The van der Waals surface area contributed by atoms with Crippen molar-refractivity contribution in [3.8, 4) is 5.75 Å². The average molecular weight is 742 g/mol. The van der Waals surface area contributed by atoms with E-state index in [1.165, 1.54) is 0 Å². The molecule has 261 valence electrons. The Hall–Kier alpha value is -5.24. The van der Waals surface area contributed by atoms with E-state index in [-0.39, 0.29) is 49.9 Å². The zero-order valence-corrected chi connectivity index (χ0v) is 27.2. The molecule has 7 aromatic rings. The van der Waals surface area contributed by atoms with Gasteiger partial charge in [-0.15, -0.1) is 0 Å². The van der Waals surface area contributed by atoms with Crippen LogP contribution in [0.5, 0.6) is 5.75 Å². The Morgan fingerprint density at radius 2 is 0.878 bits per heavy atom. The first-order valence-electron chi connectivity index (χ1n) is 12.4. The van der Waals surface area contributed by atoms with E-state index in [1.54, 1.807) is 24.8 Å². The molecule has 16 nitrogen and oxygen atoms in total. The molecule has 0 unspecified atom stereocenters. The Kier molecular flexibility index (Phi) is 20.5. The molecule has 4 aromatic heterocycles. The Labute approximate surface area is 288 Å². The molecule has 0 aliphatic carbocycles. The van der Waals surface area contributed by atoms with Crippen LogP contribution in [0.25, 0.3) is 43.6 Å². The van der Waals surface area contributed by atoms with Crippen molar-refractivity contribution in [1.82, 2.24) is 19.9 Å². The second-order valence-electron chi connectivity index (χ2n) is 8.85. The summed E-state index contributed by atoms with van der Waals surface area (Å²) < 4.78 is 31.4. The number of fused-ring (bicyclic) bond motifs is 6. The number of rotatable bonds is 2. The van der Waals surface area contributed by atoms with Crippen molar-refractivity contribution >= 4 is 59.7 Å². The van der Waals surface area contributed by atoms with E-state index in [1.807, 2.05) is 24.3 Å². The van der Waals surface area contributed by atoms with Crippen LogP contribution < -0.4 is 5.11 Å². The van der Waals surface area contributed by atoms with E-state index in [2.05, 4.69) is 68.5 Å². The van der Waals surface area contributed by atoms with Crippen molar-refractivity contribution in [1.29, 1.82) is 0 Å². The fraction of sp³-hybridized carbons (Fsp3) is 0. The van der Waals surface area contributed by atoms with E-state index >= 15 is 0 Å². The number of aromatic nitrogens is 4. The van der Waals surface area contributed by atoms with E-state index in [0.717, 1.165) is 55.7 Å². The van der Waals surface area contributed by atoms with Crippen molar-refractivity contribution in [2.45, 2.75) is 4.90 Å². The number of nitrogens with zero attached hydrogens (tertiary/aromatic N) is 4. The summed E-state index contributed by atoms with van der Waals surface area (Å²) in [6.07, 6.45) is 7.21. The fourth-order valence-electron chi connectivity index (χ4n) is 4.19. The minimum Gasteiger partial charge on any atom is -0.872 e. The molecule has 0 aliphatic heterocycles. The van der Waals surface area contributed by atoms with Crippen LogP contribution in [0, 0.1) is 0 Å². The third kappa shape index (κ3) is 11.2. The van der Waals surface area contributed by atoms with Gasteiger partial charge < -0.3 is 47.6 Å². The number of pyridine rings is 4. The van der Waals surface area contributed by atoms with Crippen LogP contribution in [0.1, 0.15) is 10.4 Å². The van der Waals surface area contributed by atoms with E-state index in [4.69, 9.17) is 5.11 Å². The van der Waals surface area contributed by atoms with Gasteiger partial charge in [0.25, 0.3) is 0 Å². The van der Waals surface area contributed by atoms with Crippen LogP contribution in [0.15, 0.2) is 121 Å². The summed E-state index contributed by atoms with van der Waals surface area (Å²) in [4.78, 5) is 27.1. The van der Waals surface area contributed by atoms with Gasteiger partial charge >= 0.3 is 23.0 Å². The maximum atomic E-state index is 10.9. The van der Waals surface area contributed by atoms with Gasteiger partial charge in [-0.05, 0) is 36.4 Å². The first-order valence-corrected chi connectivity index (χ1v) is 13.8. The molecule has 0 amide bonds. The van der Waals surface area contributed by atoms with Gasteiger partial charge in [0, 0.05) is 46.3 Å². The Morgan fingerprint density at radius 1 is 0.571 bits per heavy atom. The molecule has 0 bridgehead atoms. The molecule has 4 heterocycles. The summed E-state index contributed by atoms with van der Waals surface area (Å²) >= 11 is 0. The molecule has 15 N–H and O–H groups in total. The topological polar surface area (TPSA) is 361 Å². The Morgan fingerprint density at radius 3 is 1.14 bits per heavy atom. The van der Waals surface area contributed by atoms with Gasteiger partial charge in [-0.3, -0.25) is 19.9 Å². The first-order chi connectivity index (χ1) is 20.2. The second-order valence-corrected chi connectivity index (χ2v) is 10.2. The maximum absolute atomic E-state index is 10.9. The van der Waals surface area contributed by atoms with Crippen molar-refractivity contribution in [3.05, 3.63) is 121 Å². The zero-order chi connectivity index (χ0) is 29.7. The average Bonchev–Trinajstić information content (AvgIpc) is 3.01. The predicted molar refractivity (Wildman–Crippen MR) is 179 cm³/mol. The molecule has 0 saturated heterocycles. The standard InChI is InChI=1S/2C12H8N2.C7H6O6S.Mn.6H2O/c2*1-3-9-5-6-10-4-2-8-14-12(10)11(9)13-7-1;8-6-2-1-4(14(11,12)13)3-5(6)7(9)10;;;;;;;/h2*1-8H;1-3,8H,(H,9,10)(H,11,12,13);;6*1H2/q;;;+2;;;;;;. The number of carbonyl (C=O) groups is 1. The van der Waals surface area contributed by atoms with E-state index < -0.39 is 32.3 Å². The maximum Gasteiger partial charge on any atom is 2.00 e. The van der Waals surface area contributed by atoms with Gasteiger partial charge in [-0.25, -0.2) is 13.2 Å². The predicted octanol–water partition coefficient (Wildman–Crippen LogP) is -0.217. The first kappa shape index (κ1) is 48.2. The second kappa shape index (κ2) is 20.9. The summed E-state index contributed by atoms with van der Waals surface area (Å²) in [6, 6.07) is 26.3. The summed E-state index contributed by atoms with van der Waals surface area (Å²) in [6.45, 7) is 0. The molecular formula is C31H34MnN4O12S+2. The van der Waals surface area contributed by atoms with Gasteiger partial charge in [0.2, 0.25) is 0 Å². The molecule has 3 aromatic carbocycles. The van der Waals surface area contributed by atoms with Crippen LogP contribution in [-0.2, 0) is 38.1 Å². The van der Waals surface area contributed by atoms with Crippen molar-refractivity contribution in [2.75, 3.05) is 0 Å². The summed E-state index contributed by atoms with van der Waals surface area (Å²) in [5, 5.41) is 23.9. The molecule has 7 rings (SSSR count). The Balaban J connectivity index is -0.000000605. The number of hydrogen-bond acceptors (Lipinski definition) is 9. The van der Waals surface area contributed by atoms with Crippen LogP contribution in [-0.4, -0.2) is 65.9 Å². The molecule has 0 fully saturated rings. The molecule has 0 atom stereocenters. The summed E-state index contributed by atoms with van der Waals surface area (Å²) in [5.74, 6) is -2.41. The van der Waals surface area contributed by atoms with Crippen LogP contribution >= 0.6 is 0 Å².